The Bertz CT molecular complexity index is 482. The first-order valence-electron chi connectivity index (χ1n) is 6.61. The fourth-order valence-corrected chi connectivity index (χ4v) is 2.25. The lowest BCUT2D eigenvalue weighted by atomic mass is 9.88. The summed E-state index contributed by atoms with van der Waals surface area (Å²) in [5.41, 5.74) is 2.11. The molecular formula is C15H19NO3. The molecule has 2 rings (SSSR count). The van der Waals surface area contributed by atoms with Gasteiger partial charge in [-0.1, -0.05) is 12.1 Å². The molecule has 0 radical (unpaired) electrons. The molecule has 102 valence electrons. The van der Waals surface area contributed by atoms with E-state index in [0.717, 1.165) is 25.0 Å². The van der Waals surface area contributed by atoms with Crippen molar-refractivity contribution in [3.8, 4) is 5.88 Å². The zero-order valence-corrected chi connectivity index (χ0v) is 11.4. The van der Waals surface area contributed by atoms with Gasteiger partial charge in [0.2, 0.25) is 5.88 Å². The summed E-state index contributed by atoms with van der Waals surface area (Å²) in [6, 6.07) is 5.73. The molecule has 0 saturated carbocycles. The Kier molecular flexibility index (Phi) is 4.55. The molecule has 1 aliphatic carbocycles. The third-order valence-corrected chi connectivity index (χ3v) is 3.29. The largest absolute Gasteiger partial charge is 0.481 e. The highest BCUT2D eigenvalue weighted by atomic mass is 16.5. The Morgan fingerprint density at radius 3 is 2.95 bits per heavy atom. The topological polar surface area (TPSA) is 48.4 Å². The molecule has 1 aromatic heterocycles. The first-order valence-corrected chi connectivity index (χ1v) is 6.61. The Morgan fingerprint density at radius 2 is 2.32 bits per heavy atom. The molecule has 0 bridgehead atoms. The average Bonchev–Trinajstić information content (AvgIpc) is 2.48. The van der Waals surface area contributed by atoms with E-state index in [-0.39, 0.29) is 11.9 Å². The molecular weight excluding hydrogens is 242 g/mol. The lowest BCUT2D eigenvalue weighted by Gasteiger charge is -2.20. The van der Waals surface area contributed by atoms with Gasteiger partial charge in [-0.3, -0.25) is 4.79 Å². The van der Waals surface area contributed by atoms with Crippen LogP contribution in [-0.4, -0.2) is 24.7 Å². The number of nitrogens with zero attached hydrogens (tertiary/aromatic N) is 1. The van der Waals surface area contributed by atoms with Gasteiger partial charge in [-0.05, 0) is 37.8 Å². The minimum absolute atomic E-state index is 0.00527. The Hall–Kier alpha value is -1.84. The fourth-order valence-electron chi connectivity index (χ4n) is 2.25. The first kappa shape index (κ1) is 13.6. The molecule has 1 atom stereocenters. The van der Waals surface area contributed by atoms with Gasteiger partial charge in [0.15, 0.2) is 0 Å². The molecule has 1 unspecified atom stereocenters. The van der Waals surface area contributed by atoms with Gasteiger partial charge in [0.25, 0.3) is 0 Å². The van der Waals surface area contributed by atoms with Crippen molar-refractivity contribution in [3.63, 3.8) is 0 Å². The van der Waals surface area contributed by atoms with Crippen LogP contribution in [0, 0.1) is 5.92 Å². The molecule has 4 heteroatoms. The van der Waals surface area contributed by atoms with E-state index in [0.29, 0.717) is 12.5 Å². The Balaban J connectivity index is 2.05. The van der Waals surface area contributed by atoms with Gasteiger partial charge in [0, 0.05) is 6.07 Å². The van der Waals surface area contributed by atoms with E-state index in [1.807, 2.05) is 25.1 Å². The van der Waals surface area contributed by atoms with Crippen molar-refractivity contribution >= 4 is 11.5 Å². The van der Waals surface area contributed by atoms with E-state index in [2.05, 4.69) is 11.1 Å². The number of allylic oxidation sites excluding steroid dienone is 2. The van der Waals surface area contributed by atoms with Crippen molar-refractivity contribution in [2.75, 3.05) is 13.7 Å². The van der Waals surface area contributed by atoms with Crippen LogP contribution in [0.1, 0.15) is 31.9 Å². The van der Waals surface area contributed by atoms with Crippen molar-refractivity contribution in [1.82, 2.24) is 4.98 Å². The minimum atomic E-state index is -0.0867. The summed E-state index contributed by atoms with van der Waals surface area (Å²) in [7, 11) is 1.61. The number of aromatic nitrogens is 1. The summed E-state index contributed by atoms with van der Waals surface area (Å²) in [6.07, 6.45) is 4.49. The van der Waals surface area contributed by atoms with Crippen LogP contribution in [0.4, 0.5) is 0 Å². The van der Waals surface area contributed by atoms with Crippen LogP contribution in [0.2, 0.25) is 0 Å². The molecule has 0 fully saturated rings. The third kappa shape index (κ3) is 3.34. The van der Waals surface area contributed by atoms with Gasteiger partial charge in [0.1, 0.15) is 0 Å². The van der Waals surface area contributed by atoms with Crippen LogP contribution in [0.15, 0.2) is 24.3 Å². The van der Waals surface area contributed by atoms with Gasteiger partial charge < -0.3 is 9.47 Å². The summed E-state index contributed by atoms with van der Waals surface area (Å²) in [6.45, 7) is 2.28. The third-order valence-electron chi connectivity index (χ3n) is 3.29. The van der Waals surface area contributed by atoms with Gasteiger partial charge in [0.05, 0.1) is 25.3 Å². The van der Waals surface area contributed by atoms with Crippen molar-refractivity contribution < 1.29 is 14.3 Å². The number of ether oxygens (including phenoxy) is 2. The number of carbonyl (C=O) groups excluding carboxylic acids is 1. The number of hydrogen-bond acceptors (Lipinski definition) is 4. The molecule has 0 aromatic carbocycles. The summed E-state index contributed by atoms with van der Waals surface area (Å²) in [5.74, 6) is 0.525. The number of pyridine rings is 1. The predicted octanol–water partition coefficient (Wildman–Crippen LogP) is 2.84. The number of hydrogen-bond donors (Lipinski definition) is 0. The maximum Gasteiger partial charge on any atom is 0.309 e. The molecule has 0 saturated heterocycles. The van der Waals surface area contributed by atoms with Crippen LogP contribution in [0.25, 0.3) is 5.57 Å². The maximum atomic E-state index is 11.7. The van der Waals surface area contributed by atoms with Crippen molar-refractivity contribution in [2.24, 2.45) is 5.92 Å². The molecule has 1 heterocycles. The normalized spacial score (nSPS) is 18.6. The van der Waals surface area contributed by atoms with Gasteiger partial charge in [-0.15, -0.1) is 0 Å². The van der Waals surface area contributed by atoms with Crippen LogP contribution in [-0.2, 0) is 9.53 Å². The van der Waals surface area contributed by atoms with Crippen LogP contribution in [0.5, 0.6) is 5.88 Å². The lowest BCUT2D eigenvalue weighted by molar-refractivity contribution is -0.148. The van der Waals surface area contributed by atoms with Crippen molar-refractivity contribution in [2.45, 2.75) is 26.2 Å². The minimum Gasteiger partial charge on any atom is -0.481 e. The second kappa shape index (κ2) is 6.36. The van der Waals surface area contributed by atoms with E-state index < -0.39 is 0 Å². The number of esters is 1. The van der Waals surface area contributed by atoms with E-state index in [4.69, 9.17) is 9.47 Å². The zero-order chi connectivity index (χ0) is 13.7. The standard InChI is InChI=1S/C15H19NO3/c1-3-19-15(17)12-9-7-11(8-10-12)13-5-4-6-14(16-13)18-2/h4-7,12H,3,8-10H2,1-2H3. The Morgan fingerprint density at radius 1 is 1.47 bits per heavy atom. The van der Waals surface area contributed by atoms with Crippen LogP contribution < -0.4 is 4.74 Å². The van der Waals surface area contributed by atoms with Crippen molar-refractivity contribution in [3.05, 3.63) is 30.0 Å². The quantitative estimate of drug-likeness (QED) is 0.782. The number of rotatable bonds is 4. The molecule has 0 N–H and O–H groups in total. The van der Waals surface area contributed by atoms with Crippen LogP contribution in [0.3, 0.4) is 0 Å². The second-order valence-corrected chi connectivity index (χ2v) is 4.52. The van der Waals surface area contributed by atoms with E-state index >= 15 is 0 Å². The smallest absolute Gasteiger partial charge is 0.309 e. The highest BCUT2D eigenvalue weighted by Gasteiger charge is 2.23. The van der Waals surface area contributed by atoms with E-state index in [1.165, 1.54) is 5.57 Å². The summed E-state index contributed by atoms with van der Waals surface area (Å²) in [4.78, 5) is 16.1. The van der Waals surface area contributed by atoms with E-state index in [1.54, 1.807) is 7.11 Å². The molecule has 0 aliphatic heterocycles. The van der Waals surface area contributed by atoms with Gasteiger partial charge in [-0.25, -0.2) is 4.98 Å². The highest BCUT2D eigenvalue weighted by molar-refractivity contribution is 5.75. The van der Waals surface area contributed by atoms with Gasteiger partial charge >= 0.3 is 5.97 Å². The lowest BCUT2D eigenvalue weighted by Crippen LogP contribution is -2.19. The van der Waals surface area contributed by atoms with Gasteiger partial charge in [-0.2, -0.15) is 0 Å². The molecule has 1 aliphatic rings. The molecule has 0 spiro atoms. The molecule has 1 aromatic rings. The molecule has 0 amide bonds. The predicted molar refractivity (Wildman–Crippen MR) is 72.7 cm³/mol. The first-order chi connectivity index (χ1) is 9.24. The number of carbonyl (C=O) groups is 1. The summed E-state index contributed by atoms with van der Waals surface area (Å²) < 4.78 is 10.2. The summed E-state index contributed by atoms with van der Waals surface area (Å²) >= 11 is 0. The SMILES string of the molecule is CCOC(=O)C1CC=C(c2cccc(OC)n2)CC1. The maximum absolute atomic E-state index is 11.7. The van der Waals surface area contributed by atoms with Crippen LogP contribution >= 0.6 is 0 Å². The monoisotopic (exact) mass is 261 g/mol. The Labute approximate surface area is 113 Å². The van der Waals surface area contributed by atoms with Crippen molar-refractivity contribution in [1.29, 1.82) is 0 Å². The second-order valence-electron chi connectivity index (χ2n) is 4.52. The highest BCUT2D eigenvalue weighted by Crippen LogP contribution is 2.30. The zero-order valence-electron chi connectivity index (χ0n) is 11.4. The average molecular weight is 261 g/mol. The summed E-state index contributed by atoms with van der Waals surface area (Å²) in [5, 5.41) is 0. The number of methoxy groups -OCH3 is 1. The molecule has 19 heavy (non-hydrogen) atoms. The molecule has 4 nitrogen and oxygen atoms in total. The fraction of sp³-hybridized carbons (Fsp3) is 0.467. The van der Waals surface area contributed by atoms with E-state index in [9.17, 15) is 4.79 Å².